The molecule has 0 aliphatic carbocycles. The molecule has 0 spiro atoms. The summed E-state index contributed by atoms with van der Waals surface area (Å²) in [5.41, 5.74) is -1.49. The Labute approximate surface area is 184 Å². The highest BCUT2D eigenvalue weighted by molar-refractivity contribution is 5.79. The van der Waals surface area contributed by atoms with E-state index in [1.807, 2.05) is 0 Å². The fourth-order valence-corrected chi connectivity index (χ4v) is 3.77. The number of hydrogen-bond acceptors (Lipinski definition) is 6. The van der Waals surface area contributed by atoms with E-state index in [9.17, 15) is 32.9 Å². The lowest BCUT2D eigenvalue weighted by molar-refractivity contribution is -0.384. The number of halogens is 3. The summed E-state index contributed by atoms with van der Waals surface area (Å²) in [5, 5.41) is 11.7. The molecule has 1 aliphatic rings. The van der Waals surface area contributed by atoms with Crippen molar-refractivity contribution in [2.75, 3.05) is 31.1 Å². The molecule has 1 aliphatic heterocycles. The number of nitro groups is 1. The van der Waals surface area contributed by atoms with E-state index in [0.29, 0.717) is 17.0 Å². The number of piperazine rings is 1. The lowest BCUT2D eigenvalue weighted by Gasteiger charge is -2.36. The zero-order valence-corrected chi connectivity index (χ0v) is 17.2. The maximum atomic E-state index is 12.9. The van der Waals surface area contributed by atoms with Gasteiger partial charge in [-0.05, 0) is 24.3 Å². The Morgan fingerprint density at radius 1 is 1.09 bits per heavy atom. The first-order chi connectivity index (χ1) is 15.6. The minimum absolute atomic E-state index is 0.0649. The summed E-state index contributed by atoms with van der Waals surface area (Å²) in [6.07, 6.45) is -3.38. The van der Waals surface area contributed by atoms with Crippen molar-refractivity contribution in [1.29, 1.82) is 0 Å². The number of benzene rings is 2. The maximum absolute atomic E-state index is 12.9. The van der Waals surface area contributed by atoms with Gasteiger partial charge in [0.15, 0.2) is 0 Å². The highest BCUT2D eigenvalue weighted by Gasteiger charge is 2.34. The zero-order valence-electron chi connectivity index (χ0n) is 17.2. The summed E-state index contributed by atoms with van der Waals surface area (Å²) in [5.74, 6) is -0.323. The summed E-state index contributed by atoms with van der Waals surface area (Å²) >= 11 is 0. The molecular formula is C21H18F3N5O4. The van der Waals surface area contributed by atoms with Crippen molar-refractivity contribution in [1.82, 2.24) is 14.5 Å². The molecule has 0 N–H and O–H groups in total. The summed E-state index contributed by atoms with van der Waals surface area (Å²) in [4.78, 5) is 43.1. The van der Waals surface area contributed by atoms with Gasteiger partial charge in [0, 0.05) is 32.2 Å². The van der Waals surface area contributed by atoms with E-state index >= 15 is 0 Å². The number of carbonyl (C=O) groups excluding carboxylic acids is 1. The van der Waals surface area contributed by atoms with Gasteiger partial charge < -0.3 is 9.80 Å². The Bertz CT molecular complexity index is 1280. The number of aromatic nitrogens is 2. The quantitative estimate of drug-likeness (QED) is 0.437. The first-order valence-electron chi connectivity index (χ1n) is 9.97. The molecule has 1 fully saturated rings. The molecule has 12 heteroatoms. The van der Waals surface area contributed by atoms with Crippen LogP contribution in [0.2, 0.25) is 0 Å². The minimum Gasteiger partial charge on any atom is -0.362 e. The van der Waals surface area contributed by atoms with Crippen LogP contribution < -0.4 is 10.5 Å². The molecule has 9 nitrogen and oxygen atoms in total. The van der Waals surface area contributed by atoms with E-state index < -0.39 is 22.4 Å². The third-order valence-corrected chi connectivity index (χ3v) is 5.51. The number of alkyl halides is 3. The number of hydrogen-bond donors (Lipinski definition) is 0. The van der Waals surface area contributed by atoms with Crippen molar-refractivity contribution in [3.63, 3.8) is 0 Å². The van der Waals surface area contributed by atoms with Gasteiger partial charge in [0.05, 0.1) is 27.7 Å². The molecule has 2 aromatic carbocycles. The molecule has 2 heterocycles. The highest BCUT2D eigenvalue weighted by atomic mass is 19.4. The number of nitro benzene ring substituents is 1. The van der Waals surface area contributed by atoms with E-state index in [1.54, 1.807) is 29.2 Å². The van der Waals surface area contributed by atoms with E-state index in [-0.39, 0.29) is 49.9 Å². The topological polar surface area (TPSA) is 102 Å². The van der Waals surface area contributed by atoms with Crippen LogP contribution in [0.4, 0.5) is 24.5 Å². The number of carbonyl (C=O) groups is 1. The molecule has 1 aromatic heterocycles. The minimum atomic E-state index is -4.69. The Hall–Kier alpha value is -3.96. The third kappa shape index (κ3) is 4.49. The van der Waals surface area contributed by atoms with Gasteiger partial charge in [-0.15, -0.1) is 0 Å². The fraction of sp³-hybridized carbons (Fsp3) is 0.286. The van der Waals surface area contributed by atoms with Gasteiger partial charge in [0.2, 0.25) is 5.91 Å². The van der Waals surface area contributed by atoms with Gasteiger partial charge >= 0.3 is 6.18 Å². The van der Waals surface area contributed by atoms with Gasteiger partial charge in [0.25, 0.3) is 11.2 Å². The van der Waals surface area contributed by atoms with Gasteiger partial charge in [0.1, 0.15) is 12.2 Å². The average molecular weight is 461 g/mol. The van der Waals surface area contributed by atoms with Crippen molar-refractivity contribution in [2.24, 2.45) is 0 Å². The molecule has 0 saturated carbocycles. The predicted molar refractivity (Wildman–Crippen MR) is 113 cm³/mol. The van der Waals surface area contributed by atoms with Crippen LogP contribution in [-0.4, -0.2) is 51.5 Å². The predicted octanol–water partition coefficient (Wildman–Crippen LogP) is 2.67. The van der Waals surface area contributed by atoms with E-state index in [2.05, 4.69) is 4.98 Å². The van der Waals surface area contributed by atoms with Crippen LogP contribution in [0.1, 0.15) is 5.56 Å². The van der Waals surface area contributed by atoms with Crippen LogP contribution in [0.3, 0.4) is 0 Å². The van der Waals surface area contributed by atoms with Gasteiger partial charge in [-0.2, -0.15) is 13.2 Å². The second kappa shape index (κ2) is 8.52. The molecule has 3 aromatic rings. The summed E-state index contributed by atoms with van der Waals surface area (Å²) in [6, 6.07) is 9.19. The molecular weight excluding hydrogens is 443 g/mol. The Morgan fingerprint density at radius 2 is 1.79 bits per heavy atom. The first kappa shape index (κ1) is 22.2. The first-order valence-corrected chi connectivity index (χ1v) is 9.97. The molecule has 0 atom stereocenters. The van der Waals surface area contributed by atoms with Crippen molar-refractivity contribution in [2.45, 2.75) is 12.7 Å². The molecule has 4 rings (SSSR count). The smallest absolute Gasteiger partial charge is 0.362 e. The van der Waals surface area contributed by atoms with Crippen molar-refractivity contribution in [3.05, 3.63) is 74.8 Å². The Balaban J connectivity index is 1.46. The summed E-state index contributed by atoms with van der Waals surface area (Å²) in [6.45, 7) is 0.586. The SMILES string of the molecule is O=C(Cn1cnc2ccccc2c1=O)N1CCN(c2ccc(C(F)(F)F)cc2[N+](=O)[O-])CC1. The second-order valence-corrected chi connectivity index (χ2v) is 7.52. The van der Waals surface area contributed by atoms with Crippen molar-refractivity contribution < 1.29 is 22.9 Å². The molecule has 0 bridgehead atoms. The van der Waals surface area contributed by atoms with Crippen LogP contribution in [0.5, 0.6) is 0 Å². The van der Waals surface area contributed by atoms with Crippen molar-refractivity contribution in [3.8, 4) is 0 Å². The number of para-hydroxylation sites is 1. The Kier molecular flexibility index (Phi) is 5.75. The molecule has 0 radical (unpaired) electrons. The monoisotopic (exact) mass is 461 g/mol. The van der Waals surface area contributed by atoms with E-state index in [1.165, 1.54) is 15.8 Å². The summed E-state index contributed by atoms with van der Waals surface area (Å²) in [7, 11) is 0. The van der Waals surface area contributed by atoms with Crippen LogP contribution in [0.15, 0.2) is 53.6 Å². The number of fused-ring (bicyclic) bond motifs is 1. The number of nitrogens with zero attached hydrogens (tertiary/aromatic N) is 5. The van der Waals surface area contributed by atoms with E-state index in [0.717, 1.165) is 12.1 Å². The highest BCUT2D eigenvalue weighted by Crippen LogP contribution is 2.36. The van der Waals surface area contributed by atoms with Crippen molar-refractivity contribution >= 4 is 28.2 Å². The standard InChI is InChI=1S/C21H18F3N5O4/c22-21(23,24)14-5-6-17(18(11-14)29(32)33)26-7-9-27(10-8-26)19(30)12-28-13-25-16-4-2-1-3-15(16)20(28)31/h1-6,11,13H,7-10,12H2. The second-order valence-electron chi connectivity index (χ2n) is 7.52. The van der Waals surface area contributed by atoms with Crippen LogP contribution >= 0.6 is 0 Å². The normalized spacial score (nSPS) is 14.5. The Morgan fingerprint density at radius 3 is 2.45 bits per heavy atom. The fourth-order valence-electron chi connectivity index (χ4n) is 3.77. The third-order valence-electron chi connectivity index (χ3n) is 5.51. The number of amides is 1. The molecule has 33 heavy (non-hydrogen) atoms. The van der Waals surface area contributed by atoms with E-state index in [4.69, 9.17) is 0 Å². The number of rotatable bonds is 4. The molecule has 1 amide bonds. The van der Waals surface area contributed by atoms with Gasteiger partial charge in [-0.25, -0.2) is 4.98 Å². The van der Waals surface area contributed by atoms with Gasteiger partial charge in [-0.3, -0.25) is 24.3 Å². The van der Waals surface area contributed by atoms with Gasteiger partial charge in [-0.1, -0.05) is 12.1 Å². The van der Waals surface area contributed by atoms with Crippen LogP contribution in [0.25, 0.3) is 10.9 Å². The zero-order chi connectivity index (χ0) is 23.8. The lowest BCUT2D eigenvalue weighted by Crippen LogP contribution is -2.50. The molecule has 172 valence electrons. The summed E-state index contributed by atoms with van der Waals surface area (Å²) < 4.78 is 40.0. The average Bonchev–Trinajstić information content (AvgIpc) is 2.80. The van der Waals surface area contributed by atoms with Crippen LogP contribution in [-0.2, 0) is 17.5 Å². The number of anilines is 1. The van der Waals surface area contributed by atoms with Crippen LogP contribution in [0, 0.1) is 10.1 Å². The lowest BCUT2D eigenvalue weighted by atomic mass is 10.1. The largest absolute Gasteiger partial charge is 0.416 e. The maximum Gasteiger partial charge on any atom is 0.416 e. The molecule has 0 unspecified atom stereocenters. The molecule has 1 saturated heterocycles.